The summed E-state index contributed by atoms with van der Waals surface area (Å²) in [5.74, 6) is 0. The average molecular weight is 217 g/mol. The van der Waals surface area contributed by atoms with Gasteiger partial charge in [0.25, 0.3) is 0 Å². The molecule has 0 aromatic rings. The Balaban J connectivity index is 3.55. The molecule has 0 saturated heterocycles. The predicted octanol–water partition coefficient (Wildman–Crippen LogP) is 2.21. The van der Waals surface area contributed by atoms with E-state index in [4.69, 9.17) is 9.47 Å². The number of hydrogen-bond donors (Lipinski definition) is 1. The van der Waals surface area contributed by atoms with Gasteiger partial charge in [-0.1, -0.05) is 6.92 Å². The average Bonchev–Trinajstić information content (AvgIpc) is 2.15. The minimum Gasteiger partial charge on any atom is -0.379 e. The molecule has 0 aromatic carbocycles. The van der Waals surface area contributed by atoms with Gasteiger partial charge in [-0.25, -0.2) is 0 Å². The Bertz CT molecular complexity index is 143. The van der Waals surface area contributed by atoms with E-state index >= 15 is 0 Å². The van der Waals surface area contributed by atoms with E-state index in [0.717, 1.165) is 19.6 Å². The van der Waals surface area contributed by atoms with E-state index in [1.165, 1.54) is 0 Å². The summed E-state index contributed by atoms with van der Waals surface area (Å²) in [6.45, 7) is 13.7. The fraction of sp³-hybridized carbons (Fsp3) is 1.00. The van der Waals surface area contributed by atoms with Gasteiger partial charge in [0, 0.05) is 18.7 Å². The van der Waals surface area contributed by atoms with E-state index in [1.807, 2.05) is 6.92 Å². The van der Waals surface area contributed by atoms with Gasteiger partial charge in [0.15, 0.2) is 0 Å². The molecule has 0 rings (SSSR count). The molecule has 0 aliphatic rings. The number of rotatable bonds is 8. The first-order valence-electron chi connectivity index (χ1n) is 5.94. The lowest BCUT2D eigenvalue weighted by Gasteiger charge is -2.24. The highest BCUT2D eigenvalue weighted by Crippen LogP contribution is 2.02. The summed E-state index contributed by atoms with van der Waals surface area (Å²) in [6, 6.07) is 0. The quantitative estimate of drug-likeness (QED) is 0.632. The third-order valence-electron chi connectivity index (χ3n) is 2.10. The molecule has 92 valence electrons. The molecule has 3 heteroatoms. The minimum atomic E-state index is 0.163. The van der Waals surface area contributed by atoms with E-state index in [2.05, 4.69) is 33.0 Å². The molecule has 1 atom stereocenters. The zero-order chi connectivity index (χ0) is 11.7. The highest BCUT2D eigenvalue weighted by molar-refractivity contribution is 4.72. The highest BCUT2D eigenvalue weighted by atomic mass is 16.5. The van der Waals surface area contributed by atoms with Gasteiger partial charge in [-0.05, 0) is 34.1 Å². The van der Waals surface area contributed by atoms with Crippen LogP contribution in [-0.4, -0.2) is 38.0 Å². The van der Waals surface area contributed by atoms with Crippen molar-refractivity contribution in [1.82, 2.24) is 5.32 Å². The fourth-order valence-electron chi connectivity index (χ4n) is 1.16. The van der Waals surface area contributed by atoms with Crippen molar-refractivity contribution in [3.8, 4) is 0 Å². The number of nitrogens with one attached hydrogen (secondary N) is 1. The maximum absolute atomic E-state index is 5.70. The van der Waals surface area contributed by atoms with E-state index in [0.29, 0.717) is 19.3 Å². The van der Waals surface area contributed by atoms with Crippen LogP contribution in [0.4, 0.5) is 0 Å². The Hall–Kier alpha value is -0.120. The van der Waals surface area contributed by atoms with Crippen LogP contribution >= 0.6 is 0 Å². The van der Waals surface area contributed by atoms with Gasteiger partial charge in [-0.2, -0.15) is 0 Å². The largest absolute Gasteiger partial charge is 0.379 e. The van der Waals surface area contributed by atoms with E-state index in [9.17, 15) is 0 Å². The first-order chi connectivity index (χ1) is 6.99. The summed E-state index contributed by atoms with van der Waals surface area (Å²) in [7, 11) is 0. The van der Waals surface area contributed by atoms with Gasteiger partial charge in [0.2, 0.25) is 0 Å². The summed E-state index contributed by atoms with van der Waals surface area (Å²) in [6.07, 6.45) is 1.33. The molecule has 0 bridgehead atoms. The summed E-state index contributed by atoms with van der Waals surface area (Å²) in [5, 5.41) is 3.45. The van der Waals surface area contributed by atoms with Gasteiger partial charge in [0.1, 0.15) is 0 Å². The van der Waals surface area contributed by atoms with Crippen molar-refractivity contribution in [1.29, 1.82) is 0 Å². The number of ether oxygens (including phenoxy) is 2. The second-order valence-corrected chi connectivity index (χ2v) is 4.73. The third-order valence-corrected chi connectivity index (χ3v) is 2.10. The van der Waals surface area contributed by atoms with E-state index in [1.54, 1.807) is 0 Å². The van der Waals surface area contributed by atoms with Gasteiger partial charge < -0.3 is 14.8 Å². The van der Waals surface area contributed by atoms with Crippen LogP contribution < -0.4 is 5.32 Å². The Morgan fingerprint density at radius 2 is 1.80 bits per heavy atom. The normalized spacial score (nSPS) is 14.2. The molecule has 0 saturated carbocycles. The lowest BCUT2D eigenvalue weighted by atomic mass is 10.1. The van der Waals surface area contributed by atoms with Crippen LogP contribution in [0.5, 0.6) is 0 Å². The summed E-state index contributed by atoms with van der Waals surface area (Å²) >= 11 is 0. The molecule has 0 heterocycles. The van der Waals surface area contributed by atoms with Crippen LogP contribution in [0.3, 0.4) is 0 Å². The Labute approximate surface area is 94.5 Å². The predicted molar refractivity (Wildman–Crippen MR) is 64.3 cm³/mol. The Morgan fingerprint density at radius 1 is 1.13 bits per heavy atom. The smallest absolute Gasteiger partial charge is 0.0704 e. The minimum absolute atomic E-state index is 0.163. The van der Waals surface area contributed by atoms with Crippen LogP contribution in [0.1, 0.15) is 41.0 Å². The molecule has 0 aliphatic carbocycles. The van der Waals surface area contributed by atoms with Crippen molar-refractivity contribution < 1.29 is 9.47 Å². The topological polar surface area (TPSA) is 30.5 Å². The van der Waals surface area contributed by atoms with Crippen LogP contribution in [-0.2, 0) is 9.47 Å². The van der Waals surface area contributed by atoms with Gasteiger partial charge in [-0.3, -0.25) is 0 Å². The van der Waals surface area contributed by atoms with Gasteiger partial charge >= 0.3 is 0 Å². The molecule has 1 unspecified atom stereocenters. The van der Waals surface area contributed by atoms with Gasteiger partial charge in [-0.15, -0.1) is 0 Å². The first kappa shape index (κ1) is 14.9. The number of hydrogen-bond acceptors (Lipinski definition) is 3. The molecule has 0 spiro atoms. The maximum Gasteiger partial charge on any atom is 0.0704 e. The molecule has 0 aliphatic heterocycles. The third kappa shape index (κ3) is 10.2. The monoisotopic (exact) mass is 217 g/mol. The summed E-state index contributed by atoms with van der Waals surface area (Å²) < 4.78 is 10.9. The molecule has 15 heavy (non-hydrogen) atoms. The summed E-state index contributed by atoms with van der Waals surface area (Å²) in [4.78, 5) is 0. The molecular formula is C12H27NO2. The maximum atomic E-state index is 5.70. The van der Waals surface area contributed by atoms with Crippen molar-refractivity contribution in [2.75, 3.05) is 26.4 Å². The standard InChI is InChI=1S/C12H27NO2/c1-6-11(10-13-12(3,4)5)15-9-8-14-7-2/h11,13H,6-10H2,1-5H3. The van der Waals surface area contributed by atoms with Crippen molar-refractivity contribution in [2.45, 2.75) is 52.7 Å². The zero-order valence-electron chi connectivity index (χ0n) is 10.9. The first-order valence-corrected chi connectivity index (χ1v) is 5.94. The molecule has 0 aromatic heterocycles. The lowest BCUT2D eigenvalue weighted by molar-refractivity contribution is 0.00429. The molecule has 0 fully saturated rings. The summed E-state index contributed by atoms with van der Waals surface area (Å²) in [5.41, 5.74) is 0.163. The Kier molecular flexibility index (Phi) is 8.02. The van der Waals surface area contributed by atoms with Crippen molar-refractivity contribution in [2.24, 2.45) is 0 Å². The second kappa shape index (κ2) is 8.08. The van der Waals surface area contributed by atoms with Crippen molar-refractivity contribution in [3.63, 3.8) is 0 Å². The van der Waals surface area contributed by atoms with Crippen molar-refractivity contribution in [3.05, 3.63) is 0 Å². The van der Waals surface area contributed by atoms with Gasteiger partial charge in [0.05, 0.1) is 19.3 Å². The molecule has 0 amide bonds. The Morgan fingerprint density at radius 3 is 2.27 bits per heavy atom. The van der Waals surface area contributed by atoms with E-state index < -0.39 is 0 Å². The molecular weight excluding hydrogens is 190 g/mol. The second-order valence-electron chi connectivity index (χ2n) is 4.73. The van der Waals surface area contributed by atoms with E-state index in [-0.39, 0.29) is 5.54 Å². The zero-order valence-corrected chi connectivity index (χ0v) is 10.9. The van der Waals surface area contributed by atoms with Crippen LogP contribution in [0, 0.1) is 0 Å². The van der Waals surface area contributed by atoms with Crippen LogP contribution in [0.2, 0.25) is 0 Å². The van der Waals surface area contributed by atoms with Crippen molar-refractivity contribution >= 4 is 0 Å². The lowest BCUT2D eigenvalue weighted by Crippen LogP contribution is -2.41. The SMILES string of the molecule is CCOCCOC(CC)CNC(C)(C)C. The molecule has 0 radical (unpaired) electrons. The van der Waals surface area contributed by atoms with Crippen LogP contribution in [0.15, 0.2) is 0 Å². The molecule has 1 N–H and O–H groups in total. The van der Waals surface area contributed by atoms with Crippen LogP contribution in [0.25, 0.3) is 0 Å². The molecule has 3 nitrogen and oxygen atoms in total. The highest BCUT2D eigenvalue weighted by Gasteiger charge is 2.12. The fourth-order valence-corrected chi connectivity index (χ4v) is 1.16.